The molecule has 1 fully saturated rings. The molecule has 1 aliphatic rings. The number of carbonyl (C=O) groups excluding carboxylic acids is 1. The van der Waals surface area contributed by atoms with Crippen LogP contribution in [0.4, 0.5) is 0 Å². The Morgan fingerprint density at radius 3 is 2.23 bits per heavy atom. The lowest BCUT2D eigenvalue weighted by atomic mass is 9.89. The first-order valence-corrected chi connectivity index (χ1v) is 12.3. The first-order valence-electron chi connectivity index (χ1n) is 10.8. The van der Waals surface area contributed by atoms with Crippen LogP contribution < -0.4 is 9.46 Å². The van der Waals surface area contributed by atoms with Crippen LogP contribution in [0.3, 0.4) is 0 Å². The Morgan fingerprint density at radius 2 is 1.68 bits per heavy atom. The van der Waals surface area contributed by atoms with E-state index in [4.69, 9.17) is 4.74 Å². The van der Waals surface area contributed by atoms with Gasteiger partial charge in [0.15, 0.2) is 0 Å². The van der Waals surface area contributed by atoms with E-state index in [-0.39, 0.29) is 16.7 Å². The van der Waals surface area contributed by atoms with Crippen LogP contribution in [0, 0.1) is 5.92 Å². The standard InChI is InChI=1S/C24H32N2O4S/c1-18(2)17-23(25-31(28,29)22-11-9-21(30-3)10-12-22)24(27)26-15-13-20(14-16-26)19-7-5-4-6-8-19/h4-12,18,20,23,25H,13-17H2,1-3H3. The average molecular weight is 445 g/mol. The fourth-order valence-corrected chi connectivity index (χ4v) is 5.26. The van der Waals surface area contributed by atoms with Crippen LogP contribution in [-0.2, 0) is 14.8 Å². The summed E-state index contributed by atoms with van der Waals surface area (Å²) in [7, 11) is -2.29. The molecule has 0 aliphatic carbocycles. The van der Waals surface area contributed by atoms with Crippen molar-refractivity contribution in [1.82, 2.24) is 9.62 Å². The van der Waals surface area contributed by atoms with Crippen molar-refractivity contribution in [3.63, 3.8) is 0 Å². The van der Waals surface area contributed by atoms with Crippen molar-refractivity contribution in [3.8, 4) is 5.75 Å². The third kappa shape index (κ3) is 6.08. The van der Waals surface area contributed by atoms with Gasteiger partial charge in [0.05, 0.1) is 12.0 Å². The van der Waals surface area contributed by atoms with E-state index in [1.54, 1.807) is 12.1 Å². The van der Waals surface area contributed by atoms with E-state index in [1.807, 2.05) is 36.9 Å². The summed E-state index contributed by atoms with van der Waals surface area (Å²) < 4.78 is 33.6. The maximum absolute atomic E-state index is 13.3. The number of amides is 1. The number of piperidine rings is 1. The Hall–Kier alpha value is -2.38. The molecule has 0 spiro atoms. The third-order valence-electron chi connectivity index (χ3n) is 5.75. The molecule has 0 aromatic heterocycles. The van der Waals surface area contributed by atoms with Gasteiger partial charge in [-0.1, -0.05) is 44.2 Å². The molecule has 1 N–H and O–H groups in total. The zero-order valence-corrected chi connectivity index (χ0v) is 19.3. The van der Waals surface area contributed by atoms with Crippen LogP contribution in [0.25, 0.3) is 0 Å². The fraction of sp³-hybridized carbons (Fsp3) is 0.458. The Balaban J connectivity index is 1.69. The van der Waals surface area contributed by atoms with Crippen LogP contribution in [0.5, 0.6) is 5.75 Å². The van der Waals surface area contributed by atoms with Gasteiger partial charge in [-0.25, -0.2) is 8.42 Å². The van der Waals surface area contributed by atoms with Crippen LogP contribution in [0.1, 0.15) is 44.6 Å². The van der Waals surface area contributed by atoms with Gasteiger partial charge in [-0.15, -0.1) is 0 Å². The fourth-order valence-electron chi connectivity index (χ4n) is 4.06. The smallest absolute Gasteiger partial charge is 0.241 e. The molecule has 1 unspecified atom stereocenters. The largest absolute Gasteiger partial charge is 0.497 e. The molecule has 0 radical (unpaired) electrons. The molecule has 6 nitrogen and oxygen atoms in total. The zero-order chi connectivity index (χ0) is 22.4. The number of nitrogens with zero attached hydrogens (tertiary/aromatic N) is 1. The molecule has 3 rings (SSSR count). The van der Waals surface area contributed by atoms with E-state index < -0.39 is 16.1 Å². The lowest BCUT2D eigenvalue weighted by Gasteiger charge is -2.35. The zero-order valence-electron chi connectivity index (χ0n) is 18.5. The van der Waals surface area contributed by atoms with Gasteiger partial charge in [0, 0.05) is 13.1 Å². The lowest BCUT2D eigenvalue weighted by Crippen LogP contribution is -2.51. The summed E-state index contributed by atoms with van der Waals surface area (Å²) in [5, 5.41) is 0. The summed E-state index contributed by atoms with van der Waals surface area (Å²) in [5.41, 5.74) is 1.30. The molecule has 1 atom stereocenters. The maximum Gasteiger partial charge on any atom is 0.241 e. The second-order valence-electron chi connectivity index (χ2n) is 8.49. The highest BCUT2D eigenvalue weighted by atomic mass is 32.2. The number of hydrogen-bond acceptors (Lipinski definition) is 4. The Morgan fingerprint density at radius 1 is 1.06 bits per heavy atom. The van der Waals surface area contributed by atoms with Crippen molar-refractivity contribution >= 4 is 15.9 Å². The van der Waals surface area contributed by atoms with Crippen molar-refractivity contribution in [1.29, 1.82) is 0 Å². The van der Waals surface area contributed by atoms with Gasteiger partial charge in [0.25, 0.3) is 0 Å². The minimum Gasteiger partial charge on any atom is -0.497 e. The predicted molar refractivity (Wildman–Crippen MR) is 122 cm³/mol. The first-order chi connectivity index (χ1) is 14.8. The molecular weight excluding hydrogens is 412 g/mol. The third-order valence-corrected chi connectivity index (χ3v) is 7.24. The molecule has 0 bridgehead atoms. The number of methoxy groups -OCH3 is 1. The molecule has 1 heterocycles. The highest BCUT2D eigenvalue weighted by Crippen LogP contribution is 2.28. The van der Waals surface area contributed by atoms with Gasteiger partial charge >= 0.3 is 0 Å². The first kappa shape index (κ1) is 23.3. The van der Waals surface area contributed by atoms with Crippen LogP contribution >= 0.6 is 0 Å². The number of sulfonamides is 1. The van der Waals surface area contributed by atoms with Gasteiger partial charge in [-0.3, -0.25) is 4.79 Å². The van der Waals surface area contributed by atoms with E-state index in [2.05, 4.69) is 16.9 Å². The van der Waals surface area contributed by atoms with Gasteiger partial charge in [0.1, 0.15) is 11.8 Å². The number of benzene rings is 2. The summed E-state index contributed by atoms with van der Waals surface area (Å²) >= 11 is 0. The Bertz CT molecular complexity index is 951. The van der Waals surface area contributed by atoms with E-state index in [0.29, 0.717) is 31.2 Å². The molecule has 0 saturated carbocycles. The number of carbonyl (C=O) groups is 1. The van der Waals surface area contributed by atoms with E-state index in [1.165, 1.54) is 24.8 Å². The summed E-state index contributed by atoms with van der Waals surface area (Å²) in [4.78, 5) is 15.2. The summed E-state index contributed by atoms with van der Waals surface area (Å²) in [6, 6.07) is 15.8. The molecule has 7 heteroatoms. The lowest BCUT2D eigenvalue weighted by molar-refractivity contribution is -0.134. The molecule has 2 aromatic rings. The molecule has 168 valence electrons. The number of hydrogen-bond donors (Lipinski definition) is 1. The topological polar surface area (TPSA) is 75.7 Å². The SMILES string of the molecule is COc1ccc(S(=O)(=O)NC(CC(C)C)C(=O)N2CCC(c3ccccc3)CC2)cc1. The van der Waals surface area contributed by atoms with Crippen molar-refractivity contribution in [2.45, 2.75) is 50.0 Å². The molecule has 1 saturated heterocycles. The second-order valence-corrected chi connectivity index (χ2v) is 10.2. The van der Waals surface area contributed by atoms with Gasteiger partial charge in [-0.2, -0.15) is 4.72 Å². The van der Waals surface area contributed by atoms with Crippen molar-refractivity contribution in [3.05, 3.63) is 60.2 Å². The van der Waals surface area contributed by atoms with Gasteiger partial charge < -0.3 is 9.64 Å². The van der Waals surface area contributed by atoms with E-state index in [0.717, 1.165) is 12.8 Å². The Labute approximate surface area is 185 Å². The highest BCUT2D eigenvalue weighted by molar-refractivity contribution is 7.89. The number of nitrogens with one attached hydrogen (secondary N) is 1. The number of likely N-dealkylation sites (tertiary alicyclic amines) is 1. The average Bonchev–Trinajstić information content (AvgIpc) is 2.78. The molecule has 1 aliphatic heterocycles. The van der Waals surface area contributed by atoms with Crippen molar-refractivity contribution in [2.24, 2.45) is 5.92 Å². The minimum atomic E-state index is -3.82. The molecule has 1 amide bonds. The van der Waals surface area contributed by atoms with Crippen molar-refractivity contribution < 1.29 is 17.9 Å². The second kappa shape index (κ2) is 10.3. The Kier molecular flexibility index (Phi) is 7.73. The van der Waals surface area contributed by atoms with Gasteiger partial charge in [0.2, 0.25) is 15.9 Å². The highest BCUT2D eigenvalue weighted by Gasteiger charge is 2.32. The van der Waals surface area contributed by atoms with Gasteiger partial charge in [-0.05, 0) is 60.9 Å². The minimum absolute atomic E-state index is 0.123. The maximum atomic E-state index is 13.3. The van der Waals surface area contributed by atoms with E-state index >= 15 is 0 Å². The molecular formula is C24H32N2O4S. The summed E-state index contributed by atoms with van der Waals surface area (Å²) in [6.07, 6.45) is 2.22. The van der Waals surface area contributed by atoms with E-state index in [9.17, 15) is 13.2 Å². The summed E-state index contributed by atoms with van der Waals surface area (Å²) in [5.74, 6) is 1.05. The van der Waals surface area contributed by atoms with Crippen LogP contribution in [-0.4, -0.2) is 45.5 Å². The van der Waals surface area contributed by atoms with Crippen molar-refractivity contribution in [2.75, 3.05) is 20.2 Å². The van der Waals surface area contributed by atoms with Crippen LogP contribution in [0.15, 0.2) is 59.5 Å². The molecule has 31 heavy (non-hydrogen) atoms. The normalized spacial score (nSPS) is 16.3. The number of rotatable bonds is 8. The predicted octanol–water partition coefficient (Wildman–Crippen LogP) is 3.79. The monoisotopic (exact) mass is 444 g/mol. The number of ether oxygens (including phenoxy) is 1. The molecule has 2 aromatic carbocycles. The quantitative estimate of drug-likeness (QED) is 0.672. The van der Waals surface area contributed by atoms with Crippen LogP contribution in [0.2, 0.25) is 0 Å². The summed E-state index contributed by atoms with van der Waals surface area (Å²) in [6.45, 7) is 5.25.